The van der Waals surface area contributed by atoms with Crippen LogP contribution >= 0.6 is 0 Å². The molecule has 3 N–H and O–H groups in total. The predicted octanol–water partition coefficient (Wildman–Crippen LogP) is 1.88. The monoisotopic (exact) mass is 251 g/mol. The van der Waals surface area contributed by atoms with Crippen molar-refractivity contribution in [3.8, 4) is 0 Å². The molecule has 1 aromatic heterocycles. The quantitative estimate of drug-likeness (QED) is 0.837. The summed E-state index contributed by atoms with van der Waals surface area (Å²) in [4.78, 5) is 21.8. The second kappa shape index (κ2) is 6.78. The summed E-state index contributed by atoms with van der Waals surface area (Å²) in [6.07, 6.45) is 3.32. The maximum Gasteiger partial charge on any atom is 0.323 e. The third-order valence-electron chi connectivity index (χ3n) is 2.65. The van der Waals surface area contributed by atoms with E-state index in [1.54, 1.807) is 11.1 Å². The highest BCUT2D eigenvalue weighted by atomic mass is 16.2. The first-order valence-electron chi connectivity index (χ1n) is 6.29. The first-order chi connectivity index (χ1) is 8.62. The van der Waals surface area contributed by atoms with Crippen molar-refractivity contribution in [2.75, 3.05) is 24.1 Å². The van der Waals surface area contributed by atoms with Gasteiger partial charge < -0.3 is 10.6 Å². The Morgan fingerprint density at radius 1 is 1.44 bits per heavy atom. The fraction of sp³-hybridized carbons (Fsp3) is 0.583. The highest BCUT2D eigenvalue weighted by Crippen LogP contribution is 2.13. The molecule has 0 radical (unpaired) electrons. The summed E-state index contributed by atoms with van der Waals surface area (Å²) in [6, 6.07) is -0.146. The number of nitrogens with zero attached hydrogens (tertiary/aromatic N) is 3. The van der Waals surface area contributed by atoms with Gasteiger partial charge in [-0.1, -0.05) is 13.8 Å². The Kier molecular flexibility index (Phi) is 5.35. The molecule has 100 valence electrons. The summed E-state index contributed by atoms with van der Waals surface area (Å²) in [5.41, 5.74) is 6.42. The molecule has 0 atom stereocenters. The molecule has 0 aromatic carbocycles. The summed E-state index contributed by atoms with van der Waals surface area (Å²) >= 11 is 0. The van der Waals surface area contributed by atoms with Gasteiger partial charge in [0.05, 0.1) is 0 Å². The Morgan fingerprint density at radius 2 is 2.17 bits per heavy atom. The number of nitrogens with two attached hydrogens (primary N) is 1. The van der Waals surface area contributed by atoms with E-state index in [-0.39, 0.29) is 12.0 Å². The predicted molar refractivity (Wildman–Crippen MR) is 72.4 cm³/mol. The molecule has 18 heavy (non-hydrogen) atoms. The zero-order chi connectivity index (χ0) is 13.5. The first-order valence-corrected chi connectivity index (χ1v) is 6.29. The van der Waals surface area contributed by atoms with Crippen molar-refractivity contribution < 1.29 is 4.79 Å². The van der Waals surface area contributed by atoms with Crippen LogP contribution in [0.2, 0.25) is 0 Å². The van der Waals surface area contributed by atoms with E-state index in [9.17, 15) is 4.79 Å². The van der Waals surface area contributed by atoms with E-state index in [4.69, 9.17) is 5.73 Å². The van der Waals surface area contributed by atoms with Crippen LogP contribution in [0.4, 0.5) is 16.6 Å². The first kappa shape index (κ1) is 14.2. The molecule has 6 heteroatoms. The van der Waals surface area contributed by atoms with Gasteiger partial charge in [-0.2, -0.15) is 4.98 Å². The second-order valence-corrected chi connectivity index (χ2v) is 3.97. The third kappa shape index (κ3) is 3.58. The highest BCUT2D eigenvalue weighted by Gasteiger charge is 2.13. The van der Waals surface area contributed by atoms with Gasteiger partial charge in [0.25, 0.3) is 0 Å². The fourth-order valence-corrected chi connectivity index (χ4v) is 1.64. The molecule has 1 heterocycles. The van der Waals surface area contributed by atoms with E-state index in [0.29, 0.717) is 12.4 Å². The van der Waals surface area contributed by atoms with Crippen LogP contribution in [0.25, 0.3) is 0 Å². The van der Waals surface area contributed by atoms with Gasteiger partial charge in [-0.3, -0.25) is 5.32 Å². The summed E-state index contributed by atoms with van der Waals surface area (Å²) in [5, 5.41) is 2.79. The molecule has 2 amide bonds. The Morgan fingerprint density at radius 3 is 2.72 bits per heavy atom. The van der Waals surface area contributed by atoms with Gasteiger partial charge in [0.15, 0.2) is 0 Å². The molecule has 0 saturated carbocycles. The van der Waals surface area contributed by atoms with Gasteiger partial charge in [-0.15, -0.1) is 0 Å². The zero-order valence-corrected chi connectivity index (χ0v) is 11.2. The van der Waals surface area contributed by atoms with E-state index in [1.165, 1.54) is 0 Å². The number of nitrogens with one attached hydrogen (secondary N) is 1. The molecule has 0 fully saturated rings. The van der Waals surface area contributed by atoms with Crippen molar-refractivity contribution in [3.63, 3.8) is 0 Å². The number of urea groups is 1. The molecule has 1 rings (SSSR count). The third-order valence-corrected chi connectivity index (χ3v) is 2.65. The summed E-state index contributed by atoms with van der Waals surface area (Å²) < 4.78 is 0. The summed E-state index contributed by atoms with van der Waals surface area (Å²) in [5.74, 6) is 0.672. The molecule has 0 unspecified atom stereocenters. The lowest BCUT2D eigenvalue weighted by Crippen LogP contribution is -2.35. The van der Waals surface area contributed by atoms with Crippen molar-refractivity contribution in [2.24, 2.45) is 0 Å². The van der Waals surface area contributed by atoms with Gasteiger partial charge in [-0.25, -0.2) is 9.78 Å². The standard InChI is InChI=1S/C12H21N5O/c1-4-7-17(6-3)12(18)16-10-9(5-2)8-14-11(13)15-10/h8H,4-7H2,1-3H3,(H3,13,14,15,16,18). The van der Waals surface area contributed by atoms with Crippen molar-refractivity contribution in [3.05, 3.63) is 11.8 Å². The van der Waals surface area contributed by atoms with E-state index < -0.39 is 0 Å². The van der Waals surface area contributed by atoms with Crippen molar-refractivity contribution in [1.29, 1.82) is 0 Å². The number of aryl methyl sites for hydroxylation is 1. The van der Waals surface area contributed by atoms with Gasteiger partial charge in [-0.05, 0) is 19.8 Å². The number of carbonyl (C=O) groups is 1. The van der Waals surface area contributed by atoms with Crippen LogP contribution in [0.1, 0.15) is 32.8 Å². The van der Waals surface area contributed by atoms with Gasteiger partial charge in [0, 0.05) is 24.8 Å². The van der Waals surface area contributed by atoms with Gasteiger partial charge in [0.2, 0.25) is 5.95 Å². The maximum absolute atomic E-state index is 12.0. The number of nitrogen functional groups attached to an aromatic ring is 1. The smallest absolute Gasteiger partial charge is 0.323 e. The fourth-order valence-electron chi connectivity index (χ4n) is 1.64. The van der Waals surface area contributed by atoms with Gasteiger partial charge in [0.1, 0.15) is 5.82 Å². The normalized spacial score (nSPS) is 10.2. The minimum absolute atomic E-state index is 0.146. The molecule has 0 saturated heterocycles. The van der Waals surface area contributed by atoms with Crippen molar-refractivity contribution in [1.82, 2.24) is 14.9 Å². The van der Waals surface area contributed by atoms with E-state index in [2.05, 4.69) is 15.3 Å². The minimum Gasteiger partial charge on any atom is -0.368 e. The number of hydrogen-bond donors (Lipinski definition) is 2. The van der Waals surface area contributed by atoms with Crippen LogP contribution in [0, 0.1) is 0 Å². The second-order valence-electron chi connectivity index (χ2n) is 3.97. The molecule has 0 aliphatic rings. The van der Waals surface area contributed by atoms with E-state index >= 15 is 0 Å². The maximum atomic E-state index is 12.0. The SMILES string of the molecule is CCCN(CC)C(=O)Nc1nc(N)ncc1CC. The Balaban J connectivity index is 2.82. The Bertz CT molecular complexity index is 407. The van der Waals surface area contributed by atoms with Crippen LogP contribution in [-0.2, 0) is 6.42 Å². The lowest BCUT2D eigenvalue weighted by molar-refractivity contribution is 0.214. The minimum atomic E-state index is -0.146. The van der Waals surface area contributed by atoms with Crippen LogP contribution in [0.5, 0.6) is 0 Å². The van der Waals surface area contributed by atoms with Gasteiger partial charge >= 0.3 is 6.03 Å². The molecule has 0 bridgehead atoms. The number of anilines is 2. The summed E-state index contributed by atoms with van der Waals surface area (Å²) in [7, 11) is 0. The lowest BCUT2D eigenvalue weighted by atomic mass is 10.2. The number of rotatable bonds is 5. The Labute approximate surface area is 108 Å². The zero-order valence-electron chi connectivity index (χ0n) is 11.2. The molecule has 6 nitrogen and oxygen atoms in total. The highest BCUT2D eigenvalue weighted by molar-refractivity contribution is 5.89. The largest absolute Gasteiger partial charge is 0.368 e. The van der Waals surface area contributed by atoms with Crippen LogP contribution < -0.4 is 11.1 Å². The molecule has 1 aromatic rings. The van der Waals surface area contributed by atoms with Crippen molar-refractivity contribution >= 4 is 17.8 Å². The lowest BCUT2D eigenvalue weighted by Gasteiger charge is -2.21. The Hall–Kier alpha value is -1.85. The number of amides is 2. The molecule has 0 spiro atoms. The van der Waals surface area contributed by atoms with E-state index in [1.807, 2.05) is 20.8 Å². The topological polar surface area (TPSA) is 84.1 Å². The van der Waals surface area contributed by atoms with Crippen molar-refractivity contribution in [2.45, 2.75) is 33.6 Å². The molecule has 0 aliphatic heterocycles. The van der Waals surface area contributed by atoms with Crippen LogP contribution in [0.15, 0.2) is 6.20 Å². The average Bonchev–Trinajstić information content (AvgIpc) is 2.36. The number of hydrogen-bond acceptors (Lipinski definition) is 4. The van der Waals surface area contributed by atoms with Crippen LogP contribution in [-0.4, -0.2) is 34.0 Å². The molecular formula is C12H21N5O. The van der Waals surface area contributed by atoms with Crippen LogP contribution in [0.3, 0.4) is 0 Å². The summed E-state index contributed by atoms with van der Waals surface area (Å²) in [6.45, 7) is 7.36. The number of aromatic nitrogens is 2. The number of carbonyl (C=O) groups excluding carboxylic acids is 1. The average molecular weight is 251 g/mol. The molecular weight excluding hydrogens is 230 g/mol. The van der Waals surface area contributed by atoms with E-state index in [0.717, 1.165) is 24.9 Å². The molecule has 0 aliphatic carbocycles.